The summed E-state index contributed by atoms with van der Waals surface area (Å²) in [5, 5.41) is 0. The van der Waals surface area contributed by atoms with Crippen molar-refractivity contribution in [3.8, 4) is 17.2 Å². The Hall–Kier alpha value is -4.06. The molecule has 3 aromatic rings. The molecule has 0 aromatic heterocycles. The van der Waals surface area contributed by atoms with Crippen LogP contribution in [0.25, 0.3) is 6.08 Å². The van der Waals surface area contributed by atoms with Crippen molar-refractivity contribution in [3.63, 3.8) is 0 Å². The predicted molar refractivity (Wildman–Crippen MR) is 117 cm³/mol. The summed E-state index contributed by atoms with van der Waals surface area (Å²) in [7, 11) is 1.61. The van der Waals surface area contributed by atoms with E-state index in [0.717, 1.165) is 11.1 Å². The highest BCUT2D eigenvalue weighted by atomic mass is 16.6. The normalized spacial score (nSPS) is 14.2. The van der Waals surface area contributed by atoms with Gasteiger partial charge in [-0.25, -0.2) is 9.79 Å². The van der Waals surface area contributed by atoms with Crippen molar-refractivity contribution in [2.75, 3.05) is 20.3 Å². The monoisotopic (exact) mass is 415 g/mol. The van der Waals surface area contributed by atoms with E-state index < -0.39 is 5.97 Å². The maximum absolute atomic E-state index is 12.1. The quantitative estimate of drug-likeness (QED) is 0.308. The highest BCUT2D eigenvalue weighted by Gasteiger charge is 2.23. The highest BCUT2D eigenvalue weighted by Crippen LogP contribution is 2.25. The van der Waals surface area contributed by atoms with Gasteiger partial charge in [0.2, 0.25) is 5.90 Å². The molecule has 0 aliphatic carbocycles. The number of methoxy groups -OCH3 is 1. The molecular formula is C25H21NO5. The number of para-hydroxylation sites is 2. The molecule has 0 amide bonds. The third kappa shape index (κ3) is 5.11. The first-order valence-electron chi connectivity index (χ1n) is 9.79. The summed E-state index contributed by atoms with van der Waals surface area (Å²) < 4.78 is 21.9. The molecule has 156 valence electrons. The second-order valence-electron chi connectivity index (χ2n) is 6.62. The fourth-order valence-corrected chi connectivity index (χ4v) is 2.98. The summed E-state index contributed by atoms with van der Waals surface area (Å²) in [5.74, 6) is 1.91. The Morgan fingerprint density at radius 3 is 2.26 bits per heavy atom. The van der Waals surface area contributed by atoms with Crippen LogP contribution in [0.1, 0.15) is 11.1 Å². The Kier molecular flexibility index (Phi) is 6.28. The Labute approximate surface area is 180 Å². The molecule has 4 rings (SSSR count). The molecule has 0 radical (unpaired) electrons. The average Bonchev–Trinajstić information content (AvgIpc) is 3.18. The number of nitrogens with zero attached hydrogens (tertiary/aromatic N) is 1. The maximum Gasteiger partial charge on any atom is 0.363 e. The van der Waals surface area contributed by atoms with Crippen LogP contribution in [0.4, 0.5) is 0 Å². The largest absolute Gasteiger partial charge is 0.493 e. The topological polar surface area (TPSA) is 66.3 Å². The predicted octanol–water partition coefficient (Wildman–Crippen LogP) is 4.50. The summed E-state index contributed by atoms with van der Waals surface area (Å²) in [5.41, 5.74) is 1.85. The molecule has 0 unspecified atom stereocenters. The summed E-state index contributed by atoms with van der Waals surface area (Å²) in [6.07, 6.45) is 1.69. The van der Waals surface area contributed by atoms with Crippen LogP contribution in [0, 0.1) is 0 Å². The van der Waals surface area contributed by atoms with Gasteiger partial charge in [-0.05, 0) is 48.0 Å². The van der Waals surface area contributed by atoms with Gasteiger partial charge in [0.05, 0.1) is 7.11 Å². The molecular weight excluding hydrogens is 394 g/mol. The molecule has 0 spiro atoms. The van der Waals surface area contributed by atoms with Crippen molar-refractivity contribution in [2.24, 2.45) is 4.99 Å². The molecule has 0 saturated heterocycles. The second kappa shape index (κ2) is 9.63. The minimum atomic E-state index is -0.465. The van der Waals surface area contributed by atoms with E-state index in [4.69, 9.17) is 18.9 Å². The lowest BCUT2D eigenvalue weighted by Crippen LogP contribution is -2.09. The van der Waals surface area contributed by atoms with Gasteiger partial charge in [-0.3, -0.25) is 0 Å². The van der Waals surface area contributed by atoms with Gasteiger partial charge in [-0.1, -0.05) is 42.5 Å². The first-order chi connectivity index (χ1) is 15.2. The van der Waals surface area contributed by atoms with E-state index in [-0.39, 0.29) is 5.70 Å². The van der Waals surface area contributed by atoms with Gasteiger partial charge >= 0.3 is 5.97 Å². The van der Waals surface area contributed by atoms with Crippen LogP contribution in [-0.2, 0) is 9.53 Å². The number of benzene rings is 3. The van der Waals surface area contributed by atoms with E-state index >= 15 is 0 Å². The minimum absolute atomic E-state index is 0.262. The zero-order chi connectivity index (χ0) is 21.5. The van der Waals surface area contributed by atoms with E-state index in [2.05, 4.69) is 4.99 Å². The summed E-state index contributed by atoms with van der Waals surface area (Å²) >= 11 is 0. The molecule has 0 atom stereocenters. The zero-order valence-electron chi connectivity index (χ0n) is 17.0. The Morgan fingerprint density at radius 2 is 1.52 bits per heavy atom. The number of aliphatic imine (C=N–C) groups is 1. The number of hydrogen-bond donors (Lipinski definition) is 0. The highest BCUT2D eigenvalue weighted by molar-refractivity contribution is 6.12. The lowest BCUT2D eigenvalue weighted by molar-refractivity contribution is -0.129. The smallest absolute Gasteiger partial charge is 0.363 e. The van der Waals surface area contributed by atoms with E-state index in [1.165, 1.54) is 0 Å². The number of carbonyl (C=O) groups excluding carboxylic acids is 1. The third-order valence-electron chi connectivity index (χ3n) is 4.50. The molecule has 0 fully saturated rings. The first-order valence-corrected chi connectivity index (χ1v) is 9.79. The Bertz CT molecular complexity index is 1100. The lowest BCUT2D eigenvalue weighted by Gasteiger charge is -2.11. The lowest BCUT2D eigenvalue weighted by atomic mass is 10.2. The van der Waals surface area contributed by atoms with Gasteiger partial charge < -0.3 is 18.9 Å². The number of esters is 1. The van der Waals surface area contributed by atoms with Crippen LogP contribution in [0.2, 0.25) is 0 Å². The second-order valence-corrected chi connectivity index (χ2v) is 6.62. The van der Waals surface area contributed by atoms with Crippen molar-refractivity contribution in [2.45, 2.75) is 0 Å². The number of carbonyl (C=O) groups is 1. The van der Waals surface area contributed by atoms with Crippen molar-refractivity contribution in [1.82, 2.24) is 0 Å². The number of hydrogen-bond acceptors (Lipinski definition) is 6. The summed E-state index contributed by atoms with van der Waals surface area (Å²) in [6, 6.07) is 24.2. The number of rotatable bonds is 8. The number of ether oxygens (including phenoxy) is 4. The molecule has 6 heteroatoms. The minimum Gasteiger partial charge on any atom is -0.493 e. The van der Waals surface area contributed by atoms with Gasteiger partial charge in [0.1, 0.15) is 19.0 Å². The van der Waals surface area contributed by atoms with Gasteiger partial charge in [-0.2, -0.15) is 0 Å². The van der Waals surface area contributed by atoms with Crippen LogP contribution < -0.4 is 14.2 Å². The van der Waals surface area contributed by atoms with Crippen LogP contribution in [-0.4, -0.2) is 32.2 Å². The van der Waals surface area contributed by atoms with Crippen molar-refractivity contribution >= 4 is 17.9 Å². The van der Waals surface area contributed by atoms with Crippen molar-refractivity contribution in [1.29, 1.82) is 0 Å². The van der Waals surface area contributed by atoms with Gasteiger partial charge in [-0.15, -0.1) is 0 Å². The molecule has 1 heterocycles. The molecule has 1 aliphatic rings. The molecule has 0 saturated carbocycles. The van der Waals surface area contributed by atoms with Crippen LogP contribution in [0.5, 0.6) is 17.2 Å². The van der Waals surface area contributed by atoms with Gasteiger partial charge in [0.15, 0.2) is 17.2 Å². The zero-order valence-corrected chi connectivity index (χ0v) is 17.0. The van der Waals surface area contributed by atoms with E-state index in [1.54, 1.807) is 13.2 Å². The molecule has 0 N–H and O–H groups in total. The van der Waals surface area contributed by atoms with Crippen LogP contribution >= 0.6 is 0 Å². The summed E-state index contributed by atoms with van der Waals surface area (Å²) in [4.78, 5) is 16.4. The van der Waals surface area contributed by atoms with Gasteiger partial charge in [0, 0.05) is 5.56 Å². The molecule has 3 aromatic carbocycles. The van der Waals surface area contributed by atoms with Crippen LogP contribution in [0.15, 0.2) is 89.6 Å². The van der Waals surface area contributed by atoms with Gasteiger partial charge in [0.25, 0.3) is 0 Å². The number of cyclic esters (lactones) is 1. The average molecular weight is 415 g/mol. The standard InChI is InChI=1S/C25H21NO5/c1-28-22-9-5-6-10-23(22)30-16-15-29-20-13-11-18(12-14-20)17-21-25(27)31-24(26-21)19-7-3-2-4-8-19/h2-14,17H,15-16H2,1H3/b21-17+. The molecule has 1 aliphatic heterocycles. The van der Waals surface area contributed by atoms with E-state index in [0.29, 0.717) is 36.4 Å². The summed E-state index contributed by atoms with van der Waals surface area (Å²) in [6.45, 7) is 0.768. The molecule has 31 heavy (non-hydrogen) atoms. The van der Waals surface area contributed by atoms with Crippen molar-refractivity contribution in [3.05, 3.63) is 95.7 Å². The van der Waals surface area contributed by atoms with E-state index in [9.17, 15) is 4.79 Å². The van der Waals surface area contributed by atoms with Crippen molar-refractivity contribution < 1.29 is 23.7 Å². The SMILES string of the molecule is COc1ccccc1OCCOc1ccc(/C=C2/N=C(c3ccccc3)OC2=O)cc1. The van der Waals surface area contributed by atoms with Crippen LogP contribution in [0.3, 0.4) is 0 Å². The molecule has 6 nitrogen and oxygen atoms in total. The first kappa shape index (κ1) is 20.2. The Morgan fingerprint density at radius 1 is 0.839 bits per heavy atom. The fraction of sp³-hybridized carbons (Fsp3) is 0.120. The Balaban J connectivity index is 1.33. The third-order valence-corrected chi connectivity index (χ3v) is 4.50. The fourth-order valence-electron chi connectivity index (χ4n) is 2.98. The van der Waals surface area contributed by atoms with E-state index in [1.807, 2.05) is 78.9 Å². The maximum atomic E-state index is 12.1. The molecule has 0 bridgehead atoms.